The van der Waals surface area contributed by atoms with Crippen LogP contribution in [0.1, 0.15) is 5.56 Å². The van der Waals surface area contributed by atoms with Crippen molar-refractivity contribution < 1.29 is 19.1 Å². The lowest BCUT2D eigenvalue weighted by Gasteiger charge is -2.11. The van der Waals surface area contributed by atoms with Gasteiger partial charge < -0.3 is 14.8 Å². The van der Waals surface area contributed by atoms with Gasteiger partial charge in [-0.1, -0.05) is 60.7 Å². The van der Waals surface area contributed by atoms with Gasteiger partial charge >= 0.3 is 5.97 Å². The SMILES string of the molecule is COc1ccc(/C=C(\C#N)C(=O)OCC(=O)Nc2ccccc2-c2ccccc2)cc1. The Hall–Kier alpha value is -4.37. The van der Waals surface area contributed by atoms with E-state index in [1.165, 1.54) is 6.08 Å². The molecule has 3 aromatic rings. The number of carbonyl (C=O) groups is 2. The maximum absolute atomic E-state index is 12.3. The van der Waals surface area contributed by atoms with Gasteiger partial charge in [-0.3, -0.25) is 4.79 Å². The molecule has 1 N–H and O–H groups in total. The van der Waals surface area contributed by atoms with E-state index in [1.54, 1.807) is 49.6 Å². The zero-order chi connectivity index (χ0) is 22.1. The summed E-state index contributed by atoms with van der Waals surface area (Å²) in [6, 6.07) is 25.6. The van der Waals surface area contributed by atoms with Crippen LogP contribution < -0.4 is 10.1 Å². The van der Waals surface area contributed by atoms with Crippen molar-refractivity contribution >= 4 is 23.6 Å². The average molecular weight is 412 g/mol. The van der Waals surface area contributed by atoms with E-state index < -0.39 is 18.5 Å². The van der Waals surface area contributed by atoms with Gasteiger partial charge in [0.1, 0.15) is 17.4 Å². The highest BCUT2D eigenvalue weighted by Crippen LogP contribution is 2.27. The first-order valence-electron chi connectivity index (χ1n) is 9.48. The van der Waals surface area contributed by atoms with E-state index in [2.05, 4.69) is 5.32 Å². The molecule has 0 saturated heterocycles. The molecule has 0 aliphatic rings. The quantitative estimate of drug-likeness (QED) is 0.352. The van der Waals surface area contributed by atoms with E-state index in [4.69, 9.17) is 9.47 Å². The van der Waals surface area contributed by atoms with Crippen molar-refractivity contribution in [2.45, 2.75) is 0 Å². The molecule has 6 nitrogen and oxygen atoms in total. The van der Waals surface area contributed by atoms with Crippen LogP contribution in [-0.4, -0.2) is 25.6 Å². The highest BCUT2D eigenvalue weighted by Gasteiger charge is 2.14. The van der Waals surface area contributed by atoms with Crippen LogP contribution in [0.2, 0.25) is 0 Å². The van der Waals surface area contributed by atoms with Crippen molar-refractivity contribution in [1.82, 2.24) is 0 Å². The molecule has 154 valence electrons. The summed E-state index contributed by atoms with van der Waals surface area (Å²) >= 11 is 0. The van der Waals surface area contributed by atoms with Crippen LogP contribution in [0.15, 0.2) is 84.4 Å². The fourth-order valence-corrected chi connectivity index (χ4v) is 2.86. The molecule has 0 atom stereocenters. The second-order valence-corrected chi connectivity index (χ2v) is 6.48. The lowest BCUT2D eigenvalue weighted by atomic mass is 10.0. The highest BCUT2D eigenvalue weighted by atomic mass is 16.5. The second kappa shape index (κ2) is 10.4. The maximum Gasteiger partial charge on any atom is 0.349 e. The fraction of sp³-hybridized carbons (Fsp3) is 0.0800. The molecule has 0 aliphatic heterocycles. The smallest absolute Gasteiger partial charge is 0.349 e. The first kappa shape index (κ1) is 21.3. The number of hydrogen-bond acceptors (Lipinski definition) is 5. The van der Waals surface area contributed by atoms with E-state index in [1.807, 2.05) is 42.5 Å². The molecule has 0 spiro atoms. The Kier molecular flexibility index (Phi) is 7.17. The third-order valence-corrected chi connectivity index (χ3v) is 4.39. The third kappa shape index (κ3) is 5.81. The Morgan fingerprint density at radius 3 is 2.32 bits per heavy atom. The minimum atomic E-state index is -0.871. The molecule has 31 heavy (non-hydrogen) atoms. The number of rotatable bonds is 7. The van der Waals surface area contributed by atoms with Crippen LogP contribution in [0.4, 0.5) is 5.69 Å². The van der Waals surface area contributed by atoms with Gasteiger partial charge in [0.15, 0.2) is 6.61 Å². The third-order valence-electron chi connectivity index (χ3n) is 4.39. The lowest BCUT2D eigenvalue weighted by molar-refractivity contribution is -0.142. The van der Waals surface area contributed by atoms with Crippen LogP contribution >= 0.6 is 0 Å². The summed E-state index contributed by atoms with van der Waals surface area (Å²) < 4.78 is 10.1. The highest BCUT2D eigenvalue weighted by molar-refractivity contribution is 6.01. The number of nitriles is 1. The van der Waals surface area contributed by atoms with Crippen molar-refractivity contribution in [3.8, 4) is 22.9 Å². The number of anilines is 1. The van der Waals surface area contributed by atoms with E-state index in [9.17, 15) is 14.9 Å². The van der Waals surface area contributed by atoms with Crippen molar-refractivity contribution in [3.05, 3.63) is 90.0 Å². The molecule has 0 heterocycles. The van der Waals surface area contributed by atoms with Gasteiger partial charge in [0.2, 0.25) is 0 Å². The first-order chi connectivity index (χ1) is 15.1. The van der Waals surface area contributed by atoms with Gasteiger partial charge in [0.05, 0.1) is 7.11 Å². The summed E-state index contributed by atoms with van der Waals surface area (Å²) in [6.45, 7) is -0.510. The molecule has 0 fully saturated rings. The molecular formula is C25H20N2O4. The first-order valence-corrected chi connectivity index (χ1v) is 9.48. The van der Waals surface area contributed by atoms with Crippen molar-refractivity contribution in [2.24, 2.45) is 0 Å². The normalized spacial score (nSPS) is 10.6. The van der Waals surface area contributed by atoms with Crippen LogP contribution in [0.5, 0.6) is 5.75 Å². The van der Waals surface area contributed by atoms with E-state index in [0.717, 1.165) is 11.1 Å². The predicted molar refractivity (Wildman–Crippen MR) is 118 cm³/mol. The van der Waals surface area contributed by atoms with E-state index in [-0.39, 0.29) is 5.57 Å². The van der Waals surface area contributed by atoms with Gasteiger partial charge in [-0.25, -0.2) is 4.79 Å². The number of benzene rings is 3. The van der Waals surface area contributed by atoms with Crippen LogP contribution in [0.25, 0.3) is 17.2 Å². The monoisotopic (exact) mass is 412 g/mol. The number of amides is 1. The molecule has 0 saturated carbocycles. The second-order valence-electron chi connectivity index (χ2n) is 6.48. The summed E-state index contributed by atoms with van der Waals surface area (Å²) in [5, 5.41) is 12.0. The van der Waals surface area contributed by atoms with Crippen LogP contribution in [0, 0.1) is 11.3 Å². The molecular weight excluding hydrogens is 392 g/mol. The minimum Gasteiger partial charge on any atom is -0.497 e. The molecule has 3 aromatic carbocycles. The number of esters is 1. The molecule has 0 radical (unpaired) electrons. The van der Waals surface area contributed by atoms with Crippen molar-refractivity contribution in [1.29, 1.82) is 5.26 Å². The van der Waals surface area contributed by atoms with Gasteiger partial charge in [-0.15, -0.1) is 0 Å². The fourth-order valence-electron chi connectivity index (χ4n) is 2.86. The summed E-state index contributed by atoms with van der Waals surface area (Å²) in [7, 11) is 1.55. The van der Waals surface area contributed by atoms with E-state index >= 15 is 0 Å². The standard InChI is InChI=1S/C25H20N2O4/c1-30-21-13-11-18(12-14-21)15-20(16-26)25(29)31-17-24(28)27-23-10-6-5-9-22(23)19-7-3-2-4-8-19/h2-15H,17H2,1H3,(H,27,28)/b20-15+. The molecule has 0 aromatic heterocycles. The molecule has 1 amide bonds. The molecule has 3 rings (SSSR count). The number of hydrogen-bond donors (Lipinski definition) is 1. The minimum absolute atomic E-state index is 0.206. The van der Waals surface area contributed by atoms with Crippen LogP contribution in [-0.2, 0) is 14.3 Å². The number of para-hydroxylation sites is 1. The maximum atomic E-state index is 12.3. The van der Waals surface area contributed by atoms with Gasteiger partial charge in [0, 0.05) is 11.3 Å². The summed E-state index contributed by atoms with van der Waals surface area (Å²) in [5.41, 5.74) is 2.83. The number of carbonyl (C=O) groups excluding carboxylic acids is 2. The van der Waals surface area contributed by atoms with Gasteiger partial charge in [0.25, 0.3) is 5.91 Å². The topological polar surface area (TPSA) is 88.4 Å². The number of ether oxygens (including phenoxy) is 2. The summed E-state index contributed by atoms with van der Waals surface area (Å²) in [4.78, 5) is 24.6. The Labute approximate surface area is 180 Å². The summed E-state index contributed by atoms with van der Waals surface area (Å²) in [6.07, 6.45) is 1.39. The zero-order valence-electron chi connectivity index (χ0n) is 16.9. The molecule has 0 aliphatic carbocycles. The predicted octanol–water partition coefficient (Wildman–Crippen LogP) is 4.45. The number of nitrogens with one attached hydrogen (secondary N) is 1. The Bertz CT molecular complexity index is 1130. The van der Waals surface area contributed by atoms with Crippen molar-refractivity contribution in [2.75, 3.05) is 19.0 Å². The molecule has 6 heteroatoms. The average Bonchev–Trinajstić information content (AvgIpc) is 2.82. The largest absolute Gasteiger partial charge is 0.497 e. The van der Waals surface area contributed by atoms with Crippen LogP contribution in [0.3, 0.4) is 0 Å². The number of methoxy groups -OCH3 is 1. The Morgan fingerprint density at radius 2 is 1.65 bits per heavy atom. The lowest BCUT2D eigenvalue weighted by Crippen LogP contribution is -2.21. The molecule has 0 bridgehead atoms. The van der Waals surface area contributed by atoms with Gasteiger partial charge in [-0.05, 0) is 35.4 Å². The zero-order valence-corrected chi connectivity index (χ0v) is 16.9. The molecule has 0 unspecified atom stereocenters. The number of nitrogens with zero attached hydrogens (tertiary/aromatic N) is 1. The summed E-state index contributed by atoms with van der Waals surface area (Å²) in [5.74, 6) is -0.714. The van der Waals surface area contributed by atoms with E-state index in [0.29, 0.717) is 17.0 Å². The van der Waals surface area contributed by atoms with Gasteiger partial charge in [-0.2, -0.15) is 5.26 Å². The van der Waals surface area contributed by atoms with Crippen molar-refractivity contribution in [3.63, 3.8) is 0 Å². The Morgan fingerprint density at radius 1 is 0.968 bits per heavy atom. The Balaban J connectivity index is 1.63.